The molecule has 2 aliphatic rings. The number of halogens is 4. The summed E-state index contributed by atoms with van der Waals surface area (Å²) in [5, 5.41) is 3.20. The first kappa shape index (κ1) is 25.2. The summed E-state index contributed by atoms with van der Waals surface area (Å²) < 4.78 is 55.0. The Kier molecular flexibility index (Phi) is 8.10. The Balaban J connectivity index is 1.35. The lowest BCUT2D eigenvalue weighted by molar-refractivity contribution is -0.154. The highest BCUT2D eigenvalue weighted by molar-refractivity contribution is 5.80. The molecule has 10 heteroatoms. The van der Waals surface area contributed by atoms with Crippen molar-refractivity contribution in [1.29, 1.82) is 0 Å². The second-order valence-electron chi connectivity index (χ2n) is 9.23. The first-order valence-electron chi connectivity index (χ1n) is 11.9. The monoisotopic (exact) mass is 494 g/mol. The fraction of sp³-hybridized carbons (Fsp3) is 0.520. The average molecular weight is 495 g/mol. The predicted octanol–water partition coefficient (Wildman–Crippen LogP) is 3.81. The number of benzene rings is 1. The smallest absolute Gasteiger partial charge is 0.422 e. The summed E-state index contributed by atoms with van der Waals surface area (Å²) in [6, 6.07) is 9.25. The van der Waals surface area contributed by atoms with E-state index in [1.54, 1.807) is 18.2 Å². The number of amides is 1. The maximum absolute atomic E-state index is 13.2. The van der Waals surface area contributed by atoms with Crippen molar-refractivity contribution in [1.82, 2.24) is 15.2 Å². The van der Waals surface area contributed by atoms with Gasteiger partial charge in [-0.25, -0.2) is 9.37 Å². The molecule has 1 aromatic carbocycles. The summed E-state index contributed by atoms with van der Waals surface area (Å²) in [6.45, 7) is 2.58. The third-order valence-corrected chi connectivity index (χ3v) is 6.44. The van der Waals surface area contributed by atoms with Gasteiger partial charge in [0.15, 0.2) is 6.61 Å². The summed E-state index contributed by atoms with van der Waals surface area (Å²) in [7, 11) is 0. The normalized spacial score (nSPS) is 19.7. The summed E-state index contributed by atoms with van der Waals surface area (Å²) >= 11 is 0. The molecule has 0 radical (unpaired) electrons. The van der Waals surface area contributed by atoms with Gasteiger partial charge in [0.25, 0.3) is 0 Å². The number of aromatic nitrogens is 1. The molecule has 2 fully saturated rings. The minimum atomic E-state index is -4.42. The van der Waals surface area contributed by atoms with E-state index in [1.165, 1.54) is 24.4 Å². The Morgan fingerprint density at radius 3 is 2.51 bits per heavy atom. The van der Waals surface area contributed by atoms with E-state index in [1.807, 2.05) is 0 Å². The lowest BCUT2D eigenvalue weighted by atomic mass is 10.0. The molecule has 2 aliphatic heterocycles. The quantitative estimate of drug-likeness (QED) is 0.538. The van der Waals surface area contributed by atoms with Gasteiger partial charge in [0.1, 0.15) is 5.82 Å². The standard InChI is InChI=1S/C25H30F4N4O2/c26-20-4-6-22(7-5-20)33-12-9-19(15-33)24(34)31-21(16-32-10-1-2-11-32)13-18-3-8-23(30-14-18)35-17-25(27,28)29/h3-8,14,19,21H,1-2,9-13,15-17H2,(H,31,34)/t19-,21?/m1/s1. The summed E-state index contributed by atoms with van der Waals surface area (Å²) in [6.07, 6.45) is 0.569. The highest BCUT2D eigenvalue weighted by Crippen LogP contribution is 2.25. The van der Waals surface area contributed by atoms with Crippen LogP contribution in [0, 0.1) is 11.7 Å². The first-order chi connectivity index (χ1) is 16.7. The number of anilines is 1. The Bertz CT molecular complexity index is 963. The summed E-state index contributed by atoms with van der Waals surface area (Å²) in [4.78, 5) is 21.5. The molecule has 0 saturated carbocycles. The van der Waals surface area contributed by atoms with Gasteiger partial charge in [-0.2, -0.15) is 13.2 Å². The van der Waals surface area contributed by atoms with Crippen molar-refractivity contribution >= 4 is 11.6 Å². The number of carbonyl (C=O) groups excluding carboxylic acids is 1. The summed E-state index contributed by atoms with van der Waals surface area (Å²) in [5.74, 6) is -0.561. The topological polar surface area (TPSA) is 57.7 Å². The maximum Gasteiger partial charge on any atom is 0.422 e. The molecule has 35 heavy (non-hydrogen) atoms. The molecule has 0 spiro atoms. The van der Waals surface area contributed by atoms with Gasteiger partial charge < -0.3 is 19.9 Å². The van der Waals surface area contributed by atoms with E-state index in [4.69, 9.17) is 0 Å². The van der Waals surface area contributed by atoms with E-state index in [0.29, 0.717) is 25.9 Å². The van der Waals surface area contributed by atoms with Crippen LogP contribution in [0.1, 0.15) is 24.8 Å². The molecule has 1 aromatic heterocycles. The van der Waals surface area contributed by atoms with Crippen LogP contribution in [0.4, 0.5) is 23.2 Å². The number of carbonyl (C=O) groups is 1. The Morgan fingerprint density at radius 1 is 1.11 bits per heavy atom. The van der Waals surface area contributed by atoms with Crippen molar-refractivity contribution in [2.75, 3.05) is 44.2 Å². The van der Waals surface area contributed by atoms with Gasteiger partial charge in [0, 0.05) is 43.6 Å². The van der Waals surface area contributed by atoms with Crippen LogP contribution in [-0.2, 0) is 11.2 Å². The minimum Gasteiger partial charge on any atom is -0.468 e. The van der Waals surface area contributed by atoms with Gasteiger partial charge in [0.2, 0.25) is 11.8 Å². The molecule has 2 saturated heterocycles. The molecular weight excluding hydrogens is 464 g/mol. The van der Waals surface area contributed by atoms with Crippen LogP contribution in [0.5, 0.6) is 5.88 Å². The number of ether oxygens (including phenoxy) is 1. The number of pyridine rings is 1. The van der Waals surface area contributed by atoms with Gasteiger partial charge in [-0.1, -0.05) is 6.07 Å². The molecule has 2 aromatic rings. The molecule has 1 amide bonds. The van der Waals surface area contributed by atoms with Crippen molar-refractivity contribution in [3.8, 4) is 5.88 Å². The number of hydrogen-bond acceptors (Lipinski definition) is 5. The van der Waals surface area contributed by atoms with E-state index in [9.17, 15) is 22.4 Å². The summed E-state index contributed by atoms with van der Waals surface area (Å²) in [5.41, 5.74) is 1.71. The van der Waals surface area contributed by atoms with Gasteiger partial charge in [0.05, 0.1) is 5.92 Å². The second-order valence-corrected chi connectivity index (χ2v) is 9.23. The van der Waals surface area contributed by atoms with Gasteiger partial charge in [-0.15, -0.1) is 0 Å². The van der Waals surface area contributed by atoms with Crippen molar-refractivity contribution in [3.05, 3.63) is 54.0 Å². The molecule has 0 aliphatic carbocycles. The van der Waals surface area contributed by atoms with Gasteiger partial charge >= 0.3 is 6.18 Å². The fourth-order valence-electron chi connectivity index (χ4n) is 4.68. The first-order valence-corrected chi connectivity index (χ1v) is 11.9. The van der Waals surface area contributed by atoms with Crippen molar-refractivity contribution in [2.45, 2.75) is 37.9 Å². The van der Waals surface area contributed by atoms with Gasteiger partial charge in [-0.3, -0.25) is 4.79 Å². The van der Waals surface area contributed by atoms with Crippen LogP contribution in [0.2, 0.25) is 0 Å². The van der Waals surface area contributed by atoms with Crippen LogP contribution in [0.25, 0.3) is 0 Å². The highest BCUT2D eigenvalue weighted by atomic mass is 19.4. The van der Waals surface area contributed by atoms with E-state index < -0.39 is 12.8 Å². The zero-order chi connectivity index (χ0) is 24.8. The van der Waals surface area contributed by atoms with Crippen molar-refractivity contribution in [3.63, 3.8) is 0 Å². The lowest BCUT2D eigenvalue weighted by Crippen LogP contribution is -2.46. The maximum atomic E-state index is 13.2. The largest absolute Gasteiger partial charge is 0.468 e. The molecule has 1 unspecified atom stereocenters. The molecule has 190 valence electrons. The highest BCUT2D eigenvalue weighted by Gasteiger charge is 2.31. The minimum absolute atomic E-state index is 0.0168. The lowest BCUT2D eigenvalue weighted by Gasteiger charge is -2.26. The van der Waals surface area contributed by atoms with Crippen molar-refractivity contribution in [2.24, 2.45) is 5.92 Å². The van der Waals surface area contributed by atoms with Crippen LogP contribution in [-0.4, -0.2) is 67.3 Å². The average Bonchev–Trinajstić information content (AvgIpc) is 3.51. The van der Waals surface area contributed by atoms with E-state index in [-0.39, 0.29) is 29.6 Å². The van der Waals surface area contributed by atoms with E-state index >= 15 is 0 Å². The number of likely N-dealkylation sites (tertiary alicyclic amines) is 1. The second kappa shape index (κ2) is 11.2. The zero-order valence-corrected chi connectivity index (χ0v) is 19.4. The Morgan fingerprint density at radius 2 is 1.86 bits per heavy atom. The predicted molar refractivity (Wildman–Crippen MR) is 124 cm³/mol. The molecular formula is C25H30F4N4O2. The molecule has 4 rings (SSSR count). The third-order valence-electron chi connectivity index (χ3n) is 6.44. The number of hydrogen-bond donors (Lipinski definition) is 1. The molecule has 0 bridgehead atoms. The number of nitrogens with zero attached hydrogens (tertiary/aromatic N) is 3. The van der Waals surface area contributed by atoms with Gasteiger partial charge in [-0.05, 0) is 68.6 Å². The van der Waals surface area contributed by atoms with Crippen LogP contribution < -0.4 is 15.0 Å². The van der Waals surface area contributed by atoms with E-state index in [0.717, 1.165) is 43.7 Å². The molecule has 6 nitrogen and oxygen atoms in total. The number of rotatable bonds is 9. The number of nitrogens with one attached hydrogen (secondary N) is 1. The Hall–Kier alpha value is -2.88. The van der Waals surface area contributed by atoms with E-state index in [2.05, 4.69) is 24.8 Å². The van der Waals surface area contributed by atoms with Crippen molar-refractivity contribution < 1.29 is 27.1 Å². The zero-order valence-electron chi connectivity index (χ0n) is 19.4. The van der Waals surface area contributed by atoms with Crippen LogP contribution in [0.15, 0.2) is 42.6 Å². The third kappa shape index (κ3) is 7.55. The van der Waals surface area contributed by atoms with Crippen LogP contribution >= 0.6 is 0 Å². The SMILES string of the molecule is O=C(NC(Cc1ccc(OCC(F)(F)F)nc1)CN1CCCC1)[C@@H]1CCN(c2ccc(F)cc2)C1. The molecule has 2 atom stereocenters. The fourth-order valence-corrected chi connectivity index (χ4v) is 4.68. The van der Waals surface area contributed by atoms with Crippen LogP contribution in [0.3, 0.4) is 0 Å². The molecule has 1 N–H and O–H groups in total. The molecule has 3 heterocycles. The number of alkyl halides is 3. The Labute approximate surface area is 202 Å².